The van der Waals surface area contributed by atoms with Crippen LogP contribution in [0.4, 0.5) is 5.69 Å². The maximum atomic E-state index is 12.1. The minimum Gasteiger partial charge on any atom is -0.321 e. The molecule has 0 saturated heterocycles. The maximum absolute atomic E-state index is 12.1. The van der Waals surface area contributed by atoms with Gasteiger partial charge < -0.3 is 5.32 Å². The summed E-state index contributed by atoms with van der Waals surface area (Å²) in [6, 6.07) is 10.9. The average molecular weight is 261 g/mol. The van der Waals surface area contributed by atoms with Gasteiger partial charge in [-0.25, -0.2) is 4.98 Å². The summed E-state index contributed by atoms with van der Waals surface area (Å²) in [5, 5.41) is 3.20. The van der Waals surface area contributed by atoms with E-state index in [-0.39, 0.29) is 5.91 Å². The molecule has 0 aliphatic carbocycles. The summed E-state index contributed by atoms with van der Waals surface area (Å²) in [4.78, 5) is 16.0. The first-order chi connectivity index (χ1) is 8.70. The lowest BCUT2D eigenvalue weighted by atomic mass is 10.0. The fourth-order valence-corrected chi connectivity index (χ4v) is 1.81. The number of amides is 1. The van der Waals surface area contributed by atoms with Crippen molar-refractivity contribution in [1.29, 1.82) is 0 Å². The van der Waals surface area contributed by atoms with Crippen LogP contribution in [0.3, 0.4) is 0 Å². The molecule has 0 saturated carbocycles. The Bertz CT molecular complexity index is 552. The summed E-state index contributed by atoms with van der Waals surface area (Å²) < 4.78 is 0. The zero-order valence-electron chi connectivity index (χ0n) is 9.98. The summed E-state index contributed by atoms with van der Waals surface area (Å²) >= 11 is 5.69. The highest BCUT2D eigenvalue weighted by molar-refractivity contribution is 6.29. The Kier molecular flexibility index (Phi) is 3.95. The molecule has 1 N–H and O–H groups in total. The van der Waals surface area contributed by atoms with Crippen molar-refractivity contribution in [3.05, 3.63) is 58.9 Å². The summed E-state index contributed by atoms with van der Waals surface area (Å²) in [6.45, 7) is 2.02. The molecule has 0 bridgehead atoms. The normalized spacial score (nSPS) is 10.1. The Morgan fingerprint density at radius 3 is 2.72 bits per heavy atom. The van der Waals surface area contributed by atoms with E-state index >= 15 is 0 Å². The molecule has 1 aromatic heterocycles. The minimum absolute atomic E-state index is 0.128. The lowest BCUT2D eigenvalue weighted by molar-refractivity contribution is 0.102. The van der Waals surface area contributed by atoms with Crippen LogP contribution >= 0.6 is 11.6 Å². The Balaban J connectivity index is 2.19. The molecule has 4 heteroatoms. The molecule has 2 rings (SSSR count). The number of carbonyl (C=O) groups is 1. The van der Waals surface area contributed by atoms with E-state index in [1.54, 1.807) is 12.1 Å². The molecule has 0 unspecified atom stereocenters. The van der Waals surface area contributed by atoms with Crippen LogP contribution in [-0.2, 0) is 6.42 Å². The van der Waals surface area contributed by atoms with E-state index < -0.39 is 0 Å². The number of pyridine rings is 1. The summed E-state index contributed by atoms with van der Waals surface area (Å²) in [5.41, 5.74) is 2.35. The molecule has 1 aromatic carbocycles. The molecule has 0 atom stereocenters. The Morgan fingerprint density at radius 1 is 1.28 bits per heavy atom. The highest BCUT2D eigenvalue weighted by Gasteiger charge is 2.09. The molecule has 2 aromatic rings. The summed E-state index contributed by atoms with van der Waals surface area (Å²) in [5.74, 6) is -0.128. The standard InChI is InChI=1S/C14H13ClN2O/c1-2-10-5-3-4-6-12(10)14(18)17-11-7-8-13(15)16-9-11/h3-9H,2H2,1H3,(H,17,18). The zero-order valence-corrected chi connectivity index (χ0v) is 10.7. The van der Waals surface area contributed by atoms with Gasteiger partial charge in [-0.15, -0.1) is 0 Å². The molecule has 0 radical (unpaired) electrons. The van der Waals surface area contributed by atoms with Gasteiger partial charge in [-0.3, -0.25) is 4.79 Å². The summed E-state index contributed by atoms with van der Waals surface area (Å²) in [6.07, 6.45) is 2.36. The van der Waals surface area contributed by atoms with Crippen LogP contribution in [0.2, 0.25) is 5.15 Å². The first-order valence-corrected chi connectivity index (χ1v) is 6.09. The van der Waals surface area contributed by atoms with Gasteiger partial charge in [-0.05, 0) is 30.2 Å². The van der Waals surface area contributed by atoms with E-state index in [4.69, 9.17) is 11.6 Å². The lowest BCUT2D eigenvalue weighted by Gasteiger charge is -2.08. The van der Waals surface area contributed by atoms with Crippen LogP contribution in [-0.4, -0.2) is 10.9 Å². The number of aryl methyl sites for hydroxylation is 1. The number of halogens is 1. The molecule has 0 spiro atoms. The van der Waals surface area contributed by atoms with Crippen molar-refractivity contribution in [2.45, 2.75) is 13.3 Å². The van der Waals surface area contributed by atoms with Gasteiger partial charge in [-0.2, -0.15) is 0 Å². The van der Waals surface area contributed by atoms with Gasteiger partial charge in [-0.1, -0.05) is 36.7 Å². The smallest absolute Gasteiger partial charge is 0.255 e. The van der Waals surface area contributed by atoms with Gasteiger partial charge in [0.15, 0.2) is 0 Å². The molecule has 18 heavy (non-hydrogen) atoms. The second-order valence-electron chi connectivity index (χ2n) is 3.83. The third-order valence-corrected chi connectivity index (χ3v) is 2.85. The average Bonchev–Trinajstić information content (AvgIpc) is 2.41. The third kappa shape index (κ3) is 2.87. The first-order valence-electron chi connectivity index (χ1n) is 5.71. The van der Waals surface area contributed by atoms with E-state index in [9.17, 15) is 4.79 Å². The molecule has 92 valence electrons. The van der Waals surface area contributed by atoms with Gasteiger partial charge in [0.1, 0.15) is 5.15 Å². The molecule has 3 nitrogen and oxygen atoms in total. The second kappa shape index (κ2) is 5.65. The molecule has 0 fully saturated rings. The van der Waals surface area contributed by atoms with Crippen molar-refractivity contribution in [3.63, 3.8) is 0 Å². The van der Waals surface area contributed by atoms with Crippen molar-refractivity contribution in [2.24, 2.45) is 0 Å². The number of benzene rings is 1. The fourth-order valence-electron chi connectivity index (χ4n) is 1.70. The Labute approximate surface area is 111 Å². The van der Waals surface area contributed by atoms with Gasteiger partial charge in [0.25, 0.3) is 5.91 Å². The quantitative estimate of drug-likeness (QED) is 0.858. The number of nitrogens with zero attached hydrogens (tertiary/aromatic N) is 1. The third-order valence-electron chi connectivity index (χ3n) is 2.63. The van der Waals surface area contributed by atoms with E-state index in [0.29, 0.717) is 16.4 Å². The SMILES string of the molecule is CCc1ccccc1C(=O)Nc1ccc(Cl)nc1. The number of aromatic nitrogens is 1. The Hall–Kier alpha value is -1.87. The predicted octanol–water partition coefficient (Wildman–Crippen LogP) is 3.55. The van der Waals surface area contributed by atoms with Crippen LogP contribution in [0.15, 0.2) is 42.6 Å². The van der Waals surface area contributed by atoms with Gasteiger partial charge in [0.05, 0.1) is 11.9 Å². The van der Waals surface area contributed by atoms with Crippen LogP contribution in [0.1, 0.15) is 22.8 Å². The number of anilines is 1. The van der Waals surface area contributed by atoms with E-state index in [1.165, 1.54) is 6.20 Å². The highest BCUT2D eigenvalue weighted by Crippen LogP contribution is 2.14. The van der Waals surface area contributed by atoms with E-state index in [0.717, 1.165) is 12.0 Å². The maximum Gasteiger partial charge on any atom is 0.255 e. The monoisotopic (exact) mass is 260 g/mol. The van der Waals surface area contributed by atoms with Crippen molar-refractivity contribution in [3.8, 4) is 0 Å². The van der Waals surface area contributed by atoms with Crippen molar-refractivity contribution >= 4 is 23.2 Å². The number of rotatable bonds is 3. The van der Waals surface area contributed by atoms with Crippen LogP contribution in [0, 0.1) is 0 Å². The van der Waals surface area contributed by atoms with Gasteiger partial charge in [0.2, 0.25) is 0 Å². The van der Waals surface area contributed by atoms with Crippen LogP contribution < -0.4 is 5.32 Å². The topological polar surface area (TPSA) is 42.0 Å². The minimum atomic E-state index is -0.128. The molecular weight excluding hydrogens is 248 g/mol. The van der Waals surface area contributed by atoms with Crippen LogP contribution in [0.5, 0.6) is 0 Å². The fraction of sp³-hybridized carbons (Fsp3) is 0.143. The van der Waals surface area contributed by atoms with Gasteiger partial charge in [0, 0.05) is 5.56 Å². The van der Waals surface area contributed by atoms with Crippen molar-refractivity contribution < 1.29 is 4.79 Å². The zero-order chi connectivity index (χ0) is 13.0. The predicted molar refractivity (Wildman–Crippen MR) is 73.0 cm³/mol. The van der Waals surface area contributed by atoms with Crippen LogP contribution in [0.25, 0.3) is 0 Å². The molecule has 0 aliphatic rings. The van der Waals surface area contributed by atoms with Crippen molar-refractivity contribution in [2.75, 3.05) is 5.32 Å². The summed E-state index contributed by atoms with van der Waals surface area (Å²) in [7, 11) is 0. The molecular formula is C14H13ClN2O. The number of carbonyl (C=O) groups excluding carboxylic acids is 1. The Morgan fingerprint density at radius 2 is 2.06 bits per heavy atom. The first kappa shape index (κ1) is 12.6. The second-order valence-corrected chi connectivity index (χ2v) is 4.22. The highest BCUT2D eigenvalue weighted by atomic mass is 35.5. The molecule has 1 heterocycles. The lowest BCUT2D eigenvalue weighted by Crippen LogP contribution is -2.14. The number of hydrogen-bond acceptors (Lipinski definition) is 2. The molecule has 0 aliphatic heterocycles. The molecule has 1 amide bonds. The number of nitrogens with one attached hydrogen (secondary N) is 1. The van der Waals surface area contributed by atoms with Gasteiger partial charge >= 0.3 is 0 Å². The van der Waals surface area contributed by atoms with E-state index in [1.807, 2.05) is 31.2 Å². The van der Waals surface area contributed by atoms with Crippen molar-refractivity contribution in [1.82, 2.24) is 4.98 Å². The number of hydrogen-bond donors (Lipinski definition) is 1. The largest absolute Gasteiger partial charge is 0.321 e. The van der Waals surface area contributed by atoms with E-state index in [2.05, 4.69) is 10.3 Å².